The average molecular weight is 403 g/mol. The van der Waals surface area contributed by atoms with Crippen LogP contribution in [-0.2, 0) is 14.3 Å². The maximum absolute atomic E-state index is 12.9. The van der Waals surface area contributed by atoms with Crippen molar-refractivity contribution in [3.05, 3.63) is 59.9 Å². The summed E-state index contributed by atoms with van der Waals surface area (Å²) in [6, 6.07) is 12.5. The third-order valence-corrected chi connectivity index (χ3v) is 5.53. The van der Waals surface area contributed by atoms with E-state index in [1.807, 2.05) is 12.1 Å². The Bertz CT molecular complexity index is 821. The number of halogens is 1. The Morgan fingerprint density at radius 1 is 1.25 bits per heavy atom. The molecule has 1 aliphatic rings. The van der Waals surface area contributed by atoms with Gasteiger partial charge < -0.3 is 14.8 Å². The average Bonchev–Trinajstić information content (AvgIpc) is 3.22. The molecule has 1 N–H and O–H groups in total. The van der Waals surface area contributed by atoms with Crippen LogP contribution in [0, 0.1) is 5.82 Å². The van der Waals surface area contributed by atoms with Gasteiger partial charge in [0.15, 0.2) is 6.10 Å². The molecule has 0 radical (unpaired) electrons. The van der Waals surface area contributed by atoms with Crippen LogP contribution in [0.4, 0.5) is 10.1 Å². The summed E-state index contributed by atoms with van der Waals surface area (Å²) in [5.74, 6) is -0.665. The lowest BCUT2D eigenvalue weighted by molar-refractivity contribution is -0.123. The number of amides is 1. The normalized spacial score (nSPS) is 17.1. The monoisotopic (exact) mass is 403 g/mol. The van der Waals surface area contributed by atoms with E-state index in [1.54, 1.807) is 23.9 Å². The van der Waals surface area contributed by atoms with Crippen LogP contribution in [0.1, 0.15) is 30.1 Å². The lowest BCUT2D eigenvalue weighted by Crippen LogP contribution is -2.30. The van der Waals surface area contributed by atoms with E-state index in [2.05, 4.69) is 5.32 Å². The van der Waals surface area contributed by atoms with E-state index < -0.39 is 23.8 Å². The maximum Gasteiger partial charge on any atom is 0.340 e. The standard InChI is InChI=1S/C21H22FNO4S/c1-14(20(24)23-16-10-8-15(22)9-11-16)27-21(25)18-6-2-3-7-19(18)28-13-17-5-4-12-26-17/h2-3,6-11,14,17H,4-5,12-13H2,1H3,(H,23,24)/t14-,17+/m0/s1. The number of rotatable bonds is 7. The minimum atomic E-state index is -0.992. The zero-order valence-electron chi connectivity index (χ0n) is 15.5. The van der Waals surface area contributed by atoms with Crippen LogP contribution in [-0.4, -0.2) is 36.4 Å². The van der Waals surface area contributed by atoms with Crippen molar-refractivity contribution in [1.82, 2.24) is 0 Å². The first-order chi connectivity index (χ1) is 13.5. The predicted molar refractivity (Wildman–Crippen MR) is 106 cm³/mol. The van der Waals surface area contributed by atoms with Crippen molar-refractivity contribution in [2.24, 2.45) is 0 Å². The molecule has 28 heavy (non-hydrogen) atoms. The second kappa shape index (κ2) is 9.71. The Balaban J connectivity index is 1.58. The number of esters is 1. The van der Waals surface area contributed by atoms with Gasteiger partial charge in [-0.3, -0.25) is 4.79 Å². The molecule has 0 aliphatic carbocycles. The lowest BCUT2D eigenvalue weighted by Gasteiger charge is -2.15. The molecule has 0 unspecified atom stereocenters. The smallest absolute Gasteiger partial charge is 0.340 e. The molecule has 0 spiro atoms. The first-order valence-electron chi connectivity index (χ1n) is 9.14. The molecule has 1 fully saturated rings. The molecular formula is C21H22FNO4S. The van der Waals surface area contributed by atoms with E-state index in [-0.39, 0.29) is 6.10 Å². The highest BCUT2D eigenvalue weighted by Gasteiger charge is 2.22. The molecule has 0 bridgehead atoms. The molecule has 5 nitrogen and oxygen atoms in total. The van der Waals surface area contributed by atoms with Gasteiger partial charge in [0, 0.05) is 22.9 Å². The van der Waals surface area contributed by atoms with E-state index in [1.165, 1.54) is 31.2 Å². The van der Waals surface area contributed by atoms with Gasteiger partial charge in [0.1, 0.15) is 5.82 Å². The molecule has 1 aliphatic heterocycles. The molecule has 0 saturated carbocycles. The second-order valence-electron chi connectivity index (χ2n) is 6.49. The molecule has 2 aromatic carbocycles. The highest BCUT2D eigenvalue weighted by Crippen LogP contribution is 2.27. The Kier molecular flexibility index (Phi) is 7.06. The number of nitrogens with one attached hydrogen (secondary N) is 1. The first-order valence-corrected chi connectivity index (χ1v) is 10.1. The van der Waals surface area contributed by atoms with Crippen molar-refractivity contribution in [3.63, 3.8) is 0 Å². The van der Waals surface area contributed by atoms with E-state index in [4.69, 9.17) is 9.47 Å². The molecular weight excluding hydrogens is 381 g/mol. The number of carbonyl (C=O) groups is 2. The Morgan fingerprint density at radius 3 is 2.71 bits per heavy atom. The molecule has 148 valence electrons. The Hall–Kier alpha value is -2.38. The van der Waals surface area contributed by atoms with Crippen LogP contribution in [0.5, 0.6) is 0 Å². The van der Waals surface area contributed by atoms with Crippen LogP contribution in [0.3, 0.4) is 0 Å². The molecule has 2 aromatic rings. The largest absolute Gasteiger partial charge is 0.449 e. The van der Waals surface area contributed by atoms with Gasteiger partial charge in [-0.1, -0.05) is 12.1 Å². The van der Waals surface area contributed by atoms with Crippen LogP contribution in [0.25, 0.3) is 0 Å². The number of anilines is 1. The second-order valence-corrected chi connectivity index (χ2v) is 7.55. The lowest BCUT2D eigenvalue weighted by atomic mass is 10.2. The Morgan fingerprint density at radius 2 is 2.00 bits per heavy atom. The number of hydrogen-bond acceptors (Lipinski definition) is 5. The molecule has 1 amide bonds. The maximum atomic E-state index is 12.9. The third kappa shape index (κ3) is 5.56. The summed E-state index contributed by atoms with van der Waals surface area (Å²) >= 11 is 1.55. The van der Waals surface area contributed by atoms with Gasteiger partial charge in [-0.15, -0.1) is 11.8 Å². The minimum absolute atomic E-state index is 0.203. The van der Waals surface area contributed by atoms with Gasteiger partial charge in [-0.2, -0.15) is 0 Å². The van der Waals surface area contributed by atoms with Crippen molar-refractivity contribution < 1.29 is 23.5 Å². The summed E-state index contributed by atoms with van der Waals surface area (Å²) in [4.78, 5) is 25.6. The van der Waals surface area contributed by atoms with Gasteiger partial charge in [-0.05, 0) is 56.2 Å². The quantitative estimate of drug-likeness (QED) is 0.552. The fraction of sp³-hybridized carbons (Fsp3) is 0.333. The zero-order valence-corrected chi connectivity index (χ0v) is 16.3. The van der Waals surface area contributed by atoms with Crippen molar-refractivity contribution in [2.45, 2.75) is 36.9 Å². The van der Waals surface area contributed by atoms with Gasteiger partial charge in [0.2, 0.25) is 0 Å². The van der Waals surface area contributed by atoms with Crippen LogP contribution in [0.15, 0.2) is 53.4 Å². The van der Waals surface area contributed by atoms with E-state index >= 15 is 0 Å². The van der Waals surface area contributed by atoms with Crippen LogP contribution >= 0.6 is 11.8 Å². The van der Waals surface area contributed by atoms with E-state index in [0.717, 1.165) is 30.1 Å². The number of hydrogen-bond donors (Lipinski definition) is 1. The van der Waals surface area contributed by atoms with Crippen LogP contribution < -0.4 is 5.32 Å². The summed E-state index contributed by atoms with van der Waals surface area (Å²) in [5, 5.41) is 2.60. The van der Waals surface area contributed by atoms with Crippen molar-refractivity contribution in [3.8, 4) is 0 Å². The molecule has 3 rings (SSSR count). The summed E-state index contributed by atoms with van der Waals surface area (Å²) in [7, 11) is 0. The molecule has 0 aromatic heterocycles. The number of carbonyl (C=O) groups excluding carboxylic acids is 2. The molecule has 7 heteroatoms. The summed E-state index contributed by atoms with van der Waals surface area (Å²) in [6.45, 7) is 2.29. The fourth-order valence-electron chi connectivity index (χ4n) is 2.77. The highest BCUT2D eigenvalue weighted by molar-refractivity contribution is 7.99. The first kappa shape index (κ1) is 20.4. The number of thioether (sulfide) groups is 1. The Labute approximate surface area is 167 Å². The van der Waals surface area contributed by atoms with E-state index in [9.17, 15) is 14.0 Å². The van der Waals surface area contributed by atoms with Gasteiger partial charge in [-0.25, -0.2) is 9.18 Å². The van der Waals surface area contributed by atoms with Gasteiger partial charge in [0.05, 0.1) is 11.7 Å². The van der Waals surface area contributed by atoms with Gasteiger partial charge in [0.25, 0.3) is 5.91 Å². The minimum Gasteiger partial charge on any atom is -0.449 e. The molecule has 2 atom stereocenters. The predicted octanol–water partition coefficient (Wildman–Crippen LogP) is 4.28. The topological polar surface area (TPSA) is 64.6 Å². The van der Waals surface area contributed by atoms with Crippen LogP contribution in [0.2, 0.25) is 0 Å². The summed E-state index contributed by atoms with van der Waals surface area (Å²) in [6.07, 6.45) is 1.30. The third-order valence-electron chi connectivity index (χ3n) is 4.32. The molecule has 1 heterocycles. The van der Waals surface area contributed by atoms with E-state index in [0.29, 0.717) is 11.3 Å². The van der Waals surface area contributed by atoms with Crippen molar-refractivity contribution in [2.75, 3.05) is 17.7 Å². The van der Waals surface area contributed by atoms with Crippen molar-refractivity contribution in [1.29, 1.82) is 0 Å². The van der Waals surface area contributed by atoms with Gasteiger partial charge >= 0.3 is 5.97 Å². The summed E-state index contributed by atoms with van der Waals surface area (Å²) in [5.41, 5.74) is 0.855. The highest BCUT2D eigenvalue weighted by atomic mass is 32.2. The SMILES string of the molecule is C[C@H](OC(=O)c1ccccc1SC[C@H]1CCCO1)C(=O)Nc1ccc(F)cc1. The number of ether oxygens (including phenoxy) is 2. The fourth-order valence-corrected chi connectivity index (χ4v) is 3.88. The summed E-state index contributed by atoms with van der Waals surface area (Å²) < 4.78 is 23.9. The zero-order chi connectivity index (χ0) is 19.9. The molecule has 1 saturated heterocycles. The number of benzene rings is 2. The van der Waals surface area contributed by atoms with Crippen molar-refractivity contribution >= 4 is 29.3 Å².